The van der Waals surface area contributed by atoms with Crippen LogP contribution in [0.2, 0.25) is 0 Å². The van der Waals surface area contributed by atoms with Gasteiger partial charge in [0.1, 0.15) is 29.0 Å². The predicted octanol–water partition coefficient (Wildman–Crippen LogP) is 3.87. The molecular weight excluding hydrogens is 546 g/mol. The second-order valence-electron chi connectivity index (χ2n) is 10.7. The molecule has 3 N–H and O–H groups in total. The summed E-state index contributed by atoms with van der Waals surface area (Å²) >= 11 is 0. The molecule has 0 radical (unpaired) electrons. The normalized spacial score (nSPS) is 16.8. The summed E-state index contributed by atoms with van der Waals surface area (Å²) in [5.41, 5.74) is 8.54. The van der Waals surface area contributed by atoms with Gasteiger partial charge in [-0.25, -0.2) is 8.78 Å². The number of fused-ring (bicyclic) bond motifs is 2. The van der Waals surface area contributed by atoms with Gasteiger partial charge < -0.3 is 15.1 Å². The van der Waals surface area contributed by atoms with Crippen molar-refractivity contribution >= 4 is 34.6 Å². The average molecular weight is 573 g/mol. The zero-order valence-electron chi connectivity index (χ0n) is 22.6. The highest BCUT2D eigenvalue weighted by Crippen LogP contribution is 2.32. The summed E-state index contributed by atoms with van der Waals surface area (Å²) in [4.78, 5) is 51.8. The fourth-order valence-corrected chi connectivity index (χ4v) is 5.64. The lowest BCUT2D eigenvalue weighted by atomic mass is 10.0. The van der Waals surface area contributed by atoms with Crippen molar-refractivity contribution < 1.29 is 32.4 Å². The van der Waals surface area contributed by atoms with Crippen molar-refractivity contribution in [2.45, 2.75) is 38.5 Å². The van der Waals surface area contributed by atoms with Gasteiger partial charge >= 0.3 is 0 Å². The standard InChI is InChI=1S/C31H26F2N4O5/c1-36(13-16-2-4-17(5-3-16)26-10-18-9-21(32)11-23(29(34)39)28(18)42-26)14-20-8-19-15-37(31(41)22(19)12-24(20)33)25-6-7-27(38)35-30(25)40/h2-5,8-12,25H,6-7,13-15H2,1H3,(H2,34,39)(H,35,38,40). The van der Waals surface area contributed by atoms with Crippen LogP contribution in [0.3, 0.4) is 0 Å². The zero-order valence-corrected chi connectivity index (χ0v) is 22.6. The molecule has 0 spiro atoms. The molecule has 6 rings (SSSR count). The molecule has 214 valence electrons. The number of hydrogen-bond donors (Lipinski definition) is 2. The van der Waals surface area contributed by atoms with Crippen molar-refractivity contribution in [2.75, 3.05) is 7.05 Å². The van der Waals surface area contributed by atoms with Crippen LogP contribution in [-0.2, 0) is 29.2 Å². The molecule has 0 aliphatic carbocycles. The maximum Gasteiger partial charge on any atom is 0.255 e. The van der Waals surface area contributed by atoms with Crippen LogP contribution in [0, 0.1) is 11.6 Å². The summed E-state index contributed by atoms with van der Waals surface area (Å²) in [5, 5.41) is 2.70. The third kappa shape index (κ3) is 5.03. The van der Waals surface area contributed by atoms with Gasteiger partial charge in [-0.1, -0.05) is 24.3 Å². The SMILES string of the molecule is CN(Cc1ccc(-c2cc3cc(F)cc(C(N)=O)c3o2)cc1)Cc1cc2c(cc1F)C(=O)N(C1CCC(=O)NC1=O)C2. The Kier molecular flexibility index (Phi) is 6.82. The van der Waals surface area contributed by atoms with Gasteiger partial charge in [0.2, 0.25) is 11.8 Å². The van der Waals surface area contributed by atoms with Crippen LogP contribution >= 0.6 is 0 Å². The number of primary amides is 1. The van der Waals surface area contributed by atoms with Crippen LogP contribution in [0.1, 0.15) is 50.2 Å². The highest BCUT2D eigenvalue weighted by Gasteiger charge is 2.39. The minimum absolute atomic E-state index is 0.0265. The summed E-state index contributed by atoms with van der Waals surface area (Å²) in [6, 6.07) is 13.6. The van der Waals surface area contributed by atoms with Gasteiger partial charge in [-0.15, -0.1) is 0 Å². The van der Waals surface area contributed by atoms with E-state index in [1.165, 1.54) is 17.0 Å². The number of nitrogens with two attached hydrogens (primary N) is 1. The number of carbonyl (C=O) groups excluding carboxylic acids is 4. The maximum absolute atomic E-state index is 15.1. The Bertz CT molecular complexity index is 1780. The van der Waals surface area contributed by atoms with E-state index in [9.17, 15) is 23.6 Å². The topological polar surface area (TPSA) is 126 Å². The highest BCUT2D eigenvalue weighted by atomic mass is 19.1. The molecule has 2 aliphatic heterocycles. The largest absolute Gasteiger partial charge is 0.455 e. The summed E-state index contributed by atoms with van der Waals surface area (Å²) in [7, 11) is 1.85. The van der Waals surface area contributed by atoms with Crippen molar-refractivity contribution in [3.63, 3.8) is 0 Å². The molecule has 3 aromatic carbocycles. The van der Waals surface area contributed by atoms with E-state index in [1.54, 1.807) is 12.1 Å². The Labute approximate surface area is 238 Å². The van der Waals surface area contributed by atoms with E-state index in [0.717, 1.165) is 17.2 Å². The fraction of sp³-hybridized carbons (Fsp3) is 0.226. The van der Waals surface area contributed by atoms with E-state index in [2.05, 4.69) is 5.32 Å². The first-order valence-corrected chi connectivity index (χ1v) is 13.3. The first kappa shape index (κ1) is 27.3. The molecular formula is C31H26F2N4O5. The number of benzene rings is 3. The number of carbonyl (C=O) groups is 4. The first-order chi connectivity index (χ1) is 20.1. The molecule has 42 heavy (non-hydrogen) atoms. The van der Waals surface area contributed by atoms with Gasteiger partial charge in [0.25, 0.3) is 11.8 Å². The molecule has 11 heteroatoms. The first-order valence-electron chi connectivity index (χ1n) is 13.3. The van der Waals surface area contributed by atoms with Gasteiger partial charge in [-0.2, -0.15) is 0 Å². The lowest BCUT2D eigenvalue weighted by molar-refractivity contribution is -0.136. The highest BCUT2D eigenvalue weighted by molar-refractivity contribution is 6.06. The predicted molar refractivity (Wildman–Crippen MR) is 148 cm³/mol. The Balaban J connectivity index is 1.14. The van der Waals surface area contributed by atoms with Crippen molar-refractivity contribution in [3.8, 4) is 11.3 Å². The number of rotatable bonds is 7. The molecule has 2 aliphatic rings. The minimum atomic E-state index is -0.781. The van der Waals surface area contributed by atoms with Gasteiger partial charge in [0.05, 0.1) is 5.56 Å². The monoisotopic (exact) mass is 572 g/mol. The van der Waals surface area contributed by atoms with Crippen LogP contribution in [0.15, 0.2) is 59.0 Å². The van der Waals surface area contributed by atoms with Crippen LogP contribution in [0.25, 0.3) is 22.3 Å². The van der Waals surface area contributed by atoms with Crippen molar-refractivity contribution in [1.29, 1.82) is 0 Å². The molecule has 9 nitrogen and oxygen atoms in total. The quantitative estimate of drug-likeness (QED) is 0.324. The van der Waals surface area contributed by atoms with Crippen LogP contribution < -0.4 is 11.1 Å². The molecule has 0 bridgehead atoms. The second kappa shape index (κ2) is 10.5. The van der Waals surface area contributed by atoms with Gasteiger partial charge in [-0.3, -0.25) is 29.4 Å². The number of piperidine rings is 1. The second-order valence-corrected chi connectivity index (χ2v) is 10.7. The van der Waals surface area contributed by atoms with Crippen LogP contribution in [0.5, 0.6) is 0 Å². The smallest absolute Gasteiger partial charge is 0.255 e. The molecule has 1 aromatic heterocycles. The van der Waals surface area contributed by atoms with E-state index < -0.39 is 35.4 Å². The van der Waals surface area contributed by atoms with Crippen molar-refractivity contribution in [3.05, 3.63) is 94.0 Å². The molecule has 1 fully saturated rings. The Morgan fingerprint density at radius 3 is 2.55 bits per heavy atom. The van der Waals surface area contributed by atoms with E-state index in [4.69, 9.17) is 10.2 Å². The van der Waals surface area contributed by atoms with E-state index in [-0.39, 0.29) is 48.5 Å². The molecule has 1 atom stereocenters. The summed E-state index contributed by atoms with van der Waals surface area (Å²) in [5.74, 6) is -2.71. The summed E-state index contributed by atoms with van der Waals surface area (Å²) in [6.07, 6.45) is 0.390. The van der Waals surface area contributed by atoms with Crippen molar-refractivity contribution in [2.24, 2.45) is 5.73 Å². The third-order valence-electron chi connectivity index (χ3n) is 7.67. The zero-order chi connectivity index (χ0) is 29.7. The third-order valence-corrected chi connectivity index (χ3v) is 7.67. The number of nitrogens with zero attached hydrogens (tertiary/aromatic N) is 2. The summed E-state index contributed by atoms with van der Waals surface area (Å²) < 4.78 is 34.8. The Morgan fingerprint density at radius 1 is 1.07 bits per heavy atom. The lowest BCUT2D eigenvalue weighted by Gasteiger charge is -2.29. The Morgan fingerprint density at radius 2 is 1.83 bits per heavy atom. The molecule has 0 saturated carbocycles. The molecule has 1 saturated heterocycles. The summed E-state index contributed by atoms with van der Waals surface area (Å²) in [6.45, 7) is 0.946. The number of halogens is 2. The fourth-order valence-electron chi connectivity index (χ4n) is 5.64. The maximum atomic E-state index is 15.1. The lowest BCUT2D eigenvalue weighted by Crippen LogP contribution is -2.52. The molecule has 3 heterocycles. The van der Waals surface area contributed by atoms with Gasteiger partial charge in [-0.05, 0) is 54.9 Å². The van der Waals surface area contributed by atoms with Crippen LogP contribution in [-0.4, -0.2) is 46.5 Å². The van der Waals surface area contributed by atoms with E-state index >= 15 is 4.39 Å². The number of imide groups is 1. The Hall–Kier alpha value is -4.90. The number of amides is 4. The van der Waals surface area contributed by atoms with Crippen molar-refractivity contribution in [1.82, 2.24) is 15.1 Å². The number of furan rings is 1. The molecule has 4 amide bonds. The number of nitrogens with one attached hydrogen (secondary N) is 1. The van der Waals surface area contributed by atoms with Gasteiger partial charge in [0.15, 0.2) is 0 Å². The minimum Gasteiger partial charge on any atom is -0.455 e. The van der Waals surface area contributed by atoms with E-state index in [0.29, 0.717) is 28.8 Å². The molecule has 1 unspecified atom stereocenters. The average Bonchev–Trinajstić information content (AvgIpc) is 3.49. The van der Waals surface area contributed by atoms with E-state index in [1.807, 2.05) is 36.2 Å². The number of hydrogen-bond acceptors (Lipinski definition) is 6. The molecule has 4 aromatic rings. The van der Waals surface area contributed by atoms with Gasteiger partial charge in [0, 0.05) is 48.1 Å². The van der Waals surface area contributed by atoms with Crippen LogP contribution in [0.4, 0.5) is 8.78 Å².